The van der Waals surface area contributed by atoms with Gasteiger partial charge in [-0.2, -0.15) is 0 Å². The van der Waals surface area contributed by atoms with Crippen molar-refractivity contribution < 1.29 is 56.5 Å². The summed E-state index contributed by atoms with van der Waals surface area (Å²) in [4.78, 5) is 71.7. The Labute approximate surface area is 248 Å². The van der Waals surface area contributed by atoms with E-state index >= 15 is 0 Å². The second-order valence-corrected chi connectivity index (χ2v) is 12.0. The minimum atomic E-state index is -4.16. The molecule has 18 heteroatoms. The molecule has 15 nitrogen and oxygen atoms in total. The average molecular weight is 650 g/mol. The van der Waals surface area contributed by atoms with Crippen molar-refractivity contribution in [3.63, 3.8) is 0 Å². The monoisotopic (exact) mass is 649 g/mol. The number of ether oxygens (including phenoxy) is 3. The number of halogens is 2. The van der Waals surface area contributed by atoms with Crippen LogP contribution in [0, 0.1) is 0 Å². The van der Waals surface area contributed by atoms with Gasteiger partial charge >= 0.3 is 18.0 Å². The predicted molar refractivity (Wildman–Crippen MR) is 142 cm³/mol. The van der Waals surface area contributed by atoms with E-state index in [4.69, 9.17) is 37.4 Å². The van der Waals surface area contributed by atoms with E-state index in [1.807, 2.05) is 0 Å². The number of hydrogen-bond donors (Lipinski definition) is 3. The number of alkyl carbamates (subject to hydrolysis) is 1. The minimum absolute atomic E-state index is 0.0164. The first kappa shape index (κ1) is 32.6. The Morgan fingerprint density at radius 3 is 2.52 bits per heavy atom. The quantitative estimate of drug-likeness (QED) is 0.0893. The molecule has 42 heavy (non-hydrogen) atoms. The molecule has 2 aliphatic heterocycles. The summed E-state index contributed by atoms with van der Waals surface area (Å²) in [6.45, 7) is 0.290. The molecule has 0 bridgehead atoms. The van der Waals surface area contributed by atoms with Crippen LogP contribution in [-0.2, 0) is 54.6 Å². The van der Waals surface area contributed by atoms with Gasteiger partial charge in [-0.3, -0.25) is 29.4 Å². The van der Waals surface area contributed by atoms with Crippen LogP contribution in [0.2, 0.25) is 10.0 Å². The number of carboxylic acids is 1. The molecule has 1 saturated heterocycles. The second-order valence-electron chi connectivity index (χ2n) is 9.06. The number of rotatable bonds is 13. The Bertz CT molecular complexity index is 1430. The van der Waals surface area contributed by atoms with Gasteiger partial charge in [-0.1, -0.05) is 29.3 Å². The molecule has 3 atom stereocenters. The van der Waals surface area contributed by atoms with Gasteiger partial charge in [0.15, 0.2) is 21.4 Å². The van der Waals surface area contributed by atoms with Crippen LogP contribution in [0.25, 0.3) is 0 Å². The summed E-state index contributed by atoms with van der Waals surface area (Å²) < 4.78 is 40.2. The molecule has 0 saturated carbocycles. The minimum Gasteiger partial charge on any atom is -0.477 e. The Morgan fingerprint density at radius 1 is 1.19 bits per heavy atom. The van der Waals surface area contributed by atoms with Crippen molar-refractivity contribution in [2.24, 2.45) is 0 Å². The third kappa shape index (κ3) is 7.89. The number of aliphatic carboxylic acids is 1. The van der Waals surface area contributed by atoms with Crippen molar-refractivity contribution in [2.75, 3.05) is 12.4 Å². The summed E-state index contributed by atoms with van der Waals surface area (Å²) in [6, 6.07) is 3.03. The van der Waals surface area contributed by atoms with Crippen LogP contribution in [0.15, 0.2) is 29.5 Å². The maximum atomic E-state index is 12.8. The van der Waals surface area contributed by atoms with Crippen LogP contribution in [0.3, 0.4) is 0 Å². The molecule has 1 aromatic carbocycles. The van der Waals surface area contributed by atoms with Gasteiger partial charge in [-0.15, -0.1) is 0 Å². The molecular weight excluding hydrogens is 625 g/mol. The van der Waals surface area contributed by atoms with Crippen molar-refractivity contribution >= 4 is 69.4 Å². The second kappa shape index (κ2) is 13.8. The molecule has 1 aromatic rings. The van der Waals surface area contributed by atoms with Crippen LogP contribution in [0.1, 0.15) is 31.7 Å². The molecule has 0 spiro atoms. The number of carboxylic acid groups (broad SMARTS) is 1. The van der Waals surface area contributed by atoms with Crippen molar-refractivity contribution in [3.8, 4) is 0 Å². The van der Waals surface area contributed by atoms with Crippen molar-refractivity contribution in [1.29, 1.82) is 0 Å². The highest BCUT2D eigenvalue weighted by atomic mass is 35.5. The first-order valence-corrected chi connectivity index (χ1v) is 14.6. The Balaban J connectivity index is 1.54. The van der Waals surface area contributed by atoms with Gasteiger partial charge in [0.2, 0.25) is 5.91 Å². The predicted octanol–water partition coefficient (Wildman–Crippen LogP) is 0.872. The smallest absolute Gasteiger partial charge is 0.410 e. The Hall–Kier alpha value is -3.89. The van der Waals surface area contributed by atoms with E-state index in [0.717, 1.165) is 6.92 Å². The normalized spacial score (nSPS) is 19.5. The maximum absolute atomic E-state index is 12.8. The van der Waals surface area contributed by atoms with Gasteiger partial charge in [0.1, 0.15) is 25.0 Å². The number of fused-ring (bicyclic) bond motifs is 1. The lowest BCUT2D eigenvalue weighted by Crippen LogP contribution is -2.74. The SMILES string of the molecule is CC(=O)OCC1=C(C(=O)O)N2C(=O)[C@H](NC(=O)CCC[C@@H](NC(=O)OCc3ccc(Cl)cc3Cl)OC=O)[C@@H]2S(=O)(=O)C1. The number of hydrogen-bond acceptors (Lipinski definition) is 11. The fourth-order valence-electron chi connectivity index (χ4n) is 4.21. The highest BCUT2D eigenvalue weighted by Crippen LogP contribution is 2.37. The maximum Gasteiger partial charge on any atom is 0.410 e. The van der Waals surface area contributed by atoms with Crippen LogP contribution in [0.5, 0.6) is 0 Å². The number of carbonyl (C=O) groups is 6. The summed E-state index contributed by atoms with van der Waals surface area (Å²) >= 11 is 11.8. The van der Waals surface area contributed by atoms with Gasteiger partial charge in [0, 0.05) is 40.9 Å². The fourth-order valence-corrected chi connectivity index (χ4v) is 6.68. The highest BCUT2D eigenvalue weighted by Gasteiger charge is 2.60. The number of nitrogens with zero attached hydrogens (tertiary/aromatic N) is 1. The molecular formula is C24H25Cl2N3O12S. The van der Waals surface area contributed by atoms with Crippen molar-refractivity contribution in [1.82, 2.24) is 15.5 Å². The molecule has 0 unspecified atom stereocenters. The van der Waals surface area contributed by atoms with E-state index in [1.165, 1.54) is 6.07 Å². The molecule has 228 valence electrons. The first-order valence-electron chi connectivity index (χ1n) is 12.1. The lowest BCUT2D eigenvalue weighted by Gasteiger charge is -2.48. The lowest BCUT2D eigenvalue weighted by atomic mass is 10.0. The number of amides is 3. The molecule has 2 heterocycles. The molecule has 2 aliphatic rings. The van der Waals surface area contributed by atoms with E-state index in [2.05, 4.69) is 10.6 Å². The van der Waals surface area contributed by atoms with Gasteiger partial charge in [-0.25, -0.2) is 18.0 Å². The number of β-lactam (4-membered cyclic amide) rings is 1. The van der Waals surface area contributed by atoms with Crippen LogP contribution < -0.4 is 10.6 Å². The van der Waals surface area contributed by atoms with E-state index in [-0.39, 0.29) is 42.9 Å². The number of nitrogens with one attached hydrogen (secondary N) is 2. The average Bonchev–Trinajstić information content (AvgIpc) is 2.89. The van der Waals surface area contributed by atoms with Gasteiger partial charge in [0.05, 0.1) is 5.75 Å². The molecule has 3 amide bonds. The van der Waals surface area contributed by atoms with Gasteiger partial charge < -0.3 is 24.6 Å². The van der Waals surface area contributed by atoms with E-state index < -0.39 is 75.4 Å². The summed E-state index contributed by atoms with van der Waals surface area (Å²) in [5, 5.41) is 13.2. The summed E-state index contributed by atoms with van der Waals surface area (Å²) in [6.07, 6.45) is -2.44. The van der Waals surface area contributed by atoms with Crippen molar-refractivity contribution in [2.45, 2.75) is 50.4 Å². The fraction of sp³-hybridized carbons (Fsp3) is 0.417. The highest BCUT2D eigenvalue weighted by molar-refractivity contribution is 7.92. The van der Waals surface area contributed by atoms with Crippen LogP contribution in [-0.4, -0.2) is 84.7 Å². The number of esters is 1. The number of carbonyl (C=O) groups excluding carboxylic acids is 5. The summed E-state index contributed by atoms with van der Waals surface area (Å²) in [5.41, 5.74) is -0.441. The largest absolute Gasteiger partial charge is 0.477 e. The standard InChI is InChI=1S/C24H25Cl2N3O12S/c1-12(31)39-9-14-10-42(37,38)22-19(21(33)29(22)20(14)23(34)35)27-17(32)3-2-4-18(41-11-30)28-24(36)40-8-13-5-6-15(25)7-16(13)26/h5-7,11,18-19,22H,2-4,8-10H2,1H3,(H,27,32)(H,28,36)(H,34,35)/t18-,19-,22-/m0/s1. The first-order chi connectivity index (χ1) is 19.7. The third-order valence-electron chi connectivity index (χ3n) is 6.07. The van der Waals surface area contributed by atoms with Crippen molar-refractivity contribution in [3.05, 3.63) is 45.1 Å². The zero-order chi connectivity index (χ0) is 31.2. The van der Waals surface area contributed by atoms with E-state index in [1.54, 1.807) is 12.1 Å². The zero-order valence-electron chi connectivity index (χ0n) is 21.8. The Kier molecular flexibility index (Phi) is 10.8. The van der Waals surface area contributed by atoms with E-state index in [9.17, 15) is 42.3 Å². The van der Waals surface area contributed by atoms with E-state index in [0.29, 0.717) is 15.5 Å². The van der Waals surface area contributed by atoms with Crippen LogP contribution in [0.4, 0.5) is 4.79 Å². The van der Waals surface area contributed by atoms with Crippen LogP contribution >= 0.6 is 23.2 Å². The molecule has 3 N–H and O–H groups in total. The Morgan fingerprint density at radius 2 is 1.90 bits per heavy atom. The molecule has 3 rings (SSSR count). The zero-order valence-corrected chi connectivity index (χ0v) is 24.2. The summed E-state index contributed by atoms with van der Waals surface area (Å²) in [7, 11) is -4.16. The molecule has 1 fully saturated rings. The lowest BCUT2D eigenvalue weighted by molar-refractivity contribution is -0.151. The van der Waals surface area contributed by atoms with Gasteiger partial charge in [-0.05, 0) is 18.6 Å². The molecule has 0 aliphatic carbocycles. The number of sulfone groups is 1. The summed E-state index contributed by atoms with van der Waals surface area (Å²) in [5.74, 6) is -4.89. The topological polar surface area (TPSA) is 212 Å². The third-order valence-corrected chi connectivity index (χ3v) is 8.63. The molecule has 0 radical (unpaired) electrons. The number of benzene rings is 1. The van der Waals surface area contributed by atoms with Gasteiger partial charge in [0.25, 0.3) is 12.4 Å². The molecule has 0 aromatic heterocycles.